The molecule has 3 heteroatoms. The summed E-state index contributed by atoms with van der Waals surface area (Å²) in [4.78, 5) is 0. The van der Waals surface area contributed by atoms with E-state index in [0.29, 0.717) is 16.7 Å². The van der Waals surface area contributed by atoms with Crippen LogP contribution in [0.3, 0.4) is 0 Å². The molecule has 1 rings (SSSR count). The molecule has 0 aliphatic rings. The Hall–Kier alpha value is -1.22. The summed E-state index contributed by atoms with van der Waals surface area (Å²) in [7, 11) is 0. The first-order valence-corrected chi connectivity index (χ1v) is 3.69. The molecule has 0 aliphatic carbocycles. The quantitative estimate of drug-likeness (QED) is 0.584. The lowest BCUT2D eigenvalue weighted by Gasteiger charge is -2.09. The predicted octanol–water partition coefficient (Wildman–Crippen LogP) is 1.84. The second kappa shape index (κ2) is 4.14. The molecule has 74 valence electrons. The van der Waals surface area contributed by atoms with Crippen molar-refractivity contribution in [3.8, 4) is 11.5 Å². The van der Waals surface area contributed by atoms with Gasteiger partial charge < -0.3 is 15.3 Å². The Balaban J connectivity index is 0.00000144. The molecule has 0 heterocycles. The highest BCUT2D eigenvalue weighted by molar-refractivity contribution is 5.50. The smallest absolute Gasteiger partial charge is 0.124 e. The Morgan fingerprint density at radius 3 is 2.15 bits per heavy atom. The van der Waals surface area contributed by atoms with Gasteiger partial charge in [0.15, 0.2) is 0 Å². The van der Waals surface area contributed by atoms with Crippen molar-refractivity contribution in [2.45, 2.75) is 27.9 Å². The standard InChI is InChI=1S/C9H12O3.CH4/c1-5-6(2)9(12)7(4-10)3-8(5)11;/h3,10-12H,4H2,1-2H3;1H4. The molecular formula is C10H16O3. The van der Waals surface area contributed by atoms with Crippen LogP contribution in [0.25, 0.3) is 0 Å². The number of phenols is 2. The van der Waals surface area contributed by atoms with Gasteiger partial charge in [0.1, 0.15) is 11.5 Å². The molecule has 0 radical (unpaired) electrons. The minimum absolute atomic E-state index is 0. The molecule has 0 atom stereocenters. The summed E-state index contributed by atoms with van der Waals surface area (Å²) in [6.45, 7) is 3.15. The summed E-state index contributed by atoms with van der Waals surface area (Å²) in [6, 6.07) is 1.37. The molecule has 0 saturated carbocycles. The van der Waals surface area contributed by atoms with Crippen molar-refractivity contribution in [1.29, 1.82) is 0 Å². The summed E-state index contributed by atoms with van der Waals surface area (Å²) in [5, 5.41) is 27.5. The van der Waals surface area contributed by atoms with E-state index in [-0.39, 0.29) is 25.5 Å². The number of hydrogen-bond acceptors (Lipinski definition) is 3. The van der Waals surface area contributed by atoms with Crippen LogP contribution in [0.15, 0.2) is 6.07 Å². The summed E-state index contributed by atoms with van der Waals surface area (Å²) in [5.74, 6) is 0.169. The summed E-state index contributed by atoms with van der Waals surface area (Å²) in [5.41, 5.74) is 1.61. The fourth-order valence-electron chi connectivity index (χ4n) is 1.07. The SMILES string of the molecule is C.Cc1c(O)cc(CO)c(O)c1C. The van der Waals surface area contributed by atoms with E-state index >= 15 is 0 Å². The Morgan fingerprint density at radius 1 is 1.15 bits per heavy atom. The molecule has 1 aromatic carbocycles. The van der Waals surface area contributed by atoms with E-state index in [1.165, 1.54) is 6.07 Å². The van der Waals surface area contributed by atoms with Gasteiger partial charge in [-0.1, -0.05) is 7.43 Å². The maximum absolute atomic E-state index is 9.43. The Labute approximate surface area is 78.3 Å². The molecular weight excluding hydrogens is 168 g/mol. The molecule has 0 aliphatic heterocycles. The van der Waals surface area contributed by atoms with Gasteiger partial charge in [0.05, 0.1) is 6.61 Å². The van der Waals surface area contributed by atoms with Crippen molar-refractivity contribution in [2.75, 3.05) is 0 Å². The summed E-state index contributed by atoms with van der Waals surface area (Å²) in [6.07, 6.45) is 0. The number of aliphatic hydroxyl groups excluding tert-OH is 1. The first-order chi connectivity index (χ1) is 5.57. The lowest BCUT2D eigenvalue weighted by molar-refractivity contribution is 0.274. The molecule has 0 saturated heterocycles. The van der Waals surface area contributed by atoms with E-state index in [1.807, 2.05) is 0 Å². The van der Waals surface area contributed by atoms with Crippen LogP contribution in [0, 0.1) is 13.8 Å². The number of rotatable bonds is 1. The van der Waals surface area contributed by atoms with Gasteiger partial charge in [-0.2, -0.15) is 0 Å². The second-order valence-electron chi connectivity index (χ2n) is 2.81. The van der Waals surface area contributed by atoms with Crippen molar-refractivity contribution in [1.82, 2.24) is 0 Å². The average molecular weight is 184 g/mol. The Kier molecular flexibility index (Phi) is 3.75. The van der Waals surface area contributed by atoms with Crippen LogP contribution in [0.1, 0.15) is 24.1 Å². The maximum Gasteiger partial charge on any atom is 0.124 e. The van der Waals surface area contributed by atoms with Crippen molar-refractivity contribution in [3.05, 3.63) is 22.8 Å². The van der Waals surface area contributed by atoms with Crippen LogP contribution in [0.2, 0.25) is 0 Å². The molecule has 1 aromatic rings. The average Bonchev–Trinajstić information content (AvgIpc) is 2.08. The van der Waals surface area contributed by atoms with Gasteiger partial charge in [-0.25, -0.2) is 0 Å². The zero-order valence-electron chi connectivity index (χ0n) is 7.13. The zero-order chi connectivity index (χ0) is 9.30. The highest BCUT2D eigenvalue weighted by Gasteiger charge is 2.09. The van der Waals surface area contributed by atoms with Gasteiger partial charge in [-0.15, -0.1) is 0 Å². The van der Waals surface area contributed by atoms with Crippen LogP contribution in [0.5, 0.6) is 11.5 Å². The highest BCUT2D eigenvalue weighted by Crippen LogP contribution is 2.31. The van der Waals surface area contributed by atoms with Gasteiger partial charge in [0.2, 0.25) is 0 Å². The first-order valence-electron chi connectivity index (χ1n) is 3.69. The molecule has 3 N–H and O–H groups in total. The Bertz CT molecular complexity index is 306. The van der Waals surface area contributed by atoms with Gasteiger partial charge in [0.25, 0.3) is 0 Å². The van der Waals surface area contributed by atoms with Crippen molar-refractivity contribution >= 4 is 0 Å². The van der Waals surface area contributed by atoms with Gasteiger partial charge in [0, 0.05) is 5.56 Å². The van der Waals surface area contributed by atoms with Crippen molar-refractivity contribution in [2.24, 2.45) is 0 Å². The third kappa shape index (κ3) is 1.92. The second-order valence-corrected chi connectivity index (χ2v) is 2.81. The van der Waals surface area contributed by atoms with Crippen LogP contribution in [-0.2, 0) is 6.61 Å². The van der Waals surface area contributed by atoms with Crippen LogP contribution in [-0.4, -0.2) is 15.3 Å². The van der Waals surface area contributed by atoms with E-state index in [2.05, 4.69) is 0 Å². The largest absolute Gasteiger partial charge is 0.508 e. The van der Waals surface area contributed by atoms with Gasteiger partial charge in [-0.3, -0.25) is 0 Å². The number of aliphatic hydroxyl groups is 1. The number of hydrogen-bond donors (Lipinski definition) is 3. The summed E-state index contributed by atoms with van der Waals surface area (Å²) >= 11 is 0. The van der Waals surface area contributed by atoms with Gasteiger partial charge >= 0.3 is 0 Å². The predicted molar refractivity (Wildman–Crippen MR) is 51.9 cm³/mol. The molecule has 3 nitrogen and oxygen atoms in total. The number of aromatic hydroxyl groups is 2. The monoisotopic (exact) mass is 184 g/mol. The van der Waals surface area contributed by atoms with E-state index in [4.69, 9.17) is 5.11 Å². The third-order valence-corrected chi connectivity index (χ3v) is 2.09. The third-order valence-electron chi connectivity index (χ3n) is 2.09. The molecule has 0 unspecified atom stereocenters. The molecule has 0 amide bonds. The minimum Gasteiger partial charge on any atom is -0.508 e. The number of benzene rings is 1. The molecule has 0 fully saturated rings. The normalized spacial score (nSPS) is 9.46. The Morgan fingerprint density at radius 2 is 1.69 bits per heavy atom. The lowest BCUT2D eigenvalue weighted by atomic mass is 10.0. The van der Waals surface area contributed by atoms with Crippen LogP contribution < -0.4 is 0 Å². The van der Waals surface area contributed by atoms with E-state index in [9.17, 15) is 10.2 Å². The van der Waals surface area contributed by atoms with E-state index < -0.39 is 0 Å². The van der Waals surface area contributed by atoms with Crippen LogP contribution >= 0.6 is 0 Å². The van der Waals surface area contributed by atoms with Crippen molar-refractivity contribution < 1.29 is 15.3 Å². The fourth-order valence-corrected chi connectivity index (χ4v) is 1.07. The first kappa shape index (κ1) is 11.8. The number of phenolic OH excluding ortho intramolecular Hbond substituents is 1. The fraction of sp³-hybridized carbons (Fsp3) is 0.400. The summed E-state index contributed by atoms with van der Waals surface area (Å²) < 4.78 is 0. The molecule has 13 heavy (non-hydrogen) atoms. The van der Waals surface area contributed by atoms with E-state index in [1.54, 1.807) is 13.8 Å². The van der Waals surface area contributed by atoms with Crippen LogP contribution in [0.4, 0.5) is 0 Å². The molecule has 0 bridgehead atoms. The lowest BCUT2D eigenvalue weighted by Crippen LogP contribution is -1.90. The topological polar surface area (TPSA) is 60.7 Å². The maximum atomic E-state index is 9.43. The zero-order valence-corrected chi connectivity index (χ0v) is 7.13. The van der Waals surface area contributed by atoms with Gasteiger partial charge in [-0.05, 0) is 31.0 Å². The molecule has 0 spiro atoms. The highest BCUT2D eigenvalue weighted by atomic mass is 16.3. The minimum atomic E-state index is -0.263. The molecule has 0 aromatic heterocycles. The van der Waals surface area contributed by atoms with E-state index in [0.717, 1.165) is 0 Å². The van der Waals surface area contributed by atoms with Crippen molar-refractivity contribution in [3.63, 3.8) is 0 Å².